The highest BCUT2D eigenvalue weighted by atomic mass is 35.5. The molecule has 0 unspecified atom stereocenters. The molecule has 0 saturated carbocycles. The smallest absolute Gasteiger partial charge is 0.228 e. The van der Waals surface area contributed by atoms with E-state index < -0.39 is 0 Å². The lowest BCUT2D eigenvalue weighted by Crippen LogP contribution is -2.14. The van der Waals surface area contributed by atoms with Gasteiger partial charge in [0.1, 0.15) is 0 Å². The highest BCUT2D eigenvalue weighted by molar-refractivity contribution is 6.42. The van der Waals surface area contributed by atoms with Crippen LogP contribution in [-0.2, 0) is 11.2 Å². The number of halogens is 2. The predicted octanol–water partition coefficient (Wildman–Crippen LogP) is 4.36. The van der Waals surface area contributed by atoms with Crippen LogP contribution in [0.5, 0.6) is 0 Å². The number of amides is 1. The van der Waals surface area contributed by atoms with E-state index in [0.717, 1.165) is 16.9 Å². The summed E-state index contributed by atoms with van der Waals surface area (Å²) in [6.45, 7) is 0. The molecule has 116 valence electrons. The van der Waals surface area contributed by atoms with Crippen molar-refractivity contribution in [1.29, 1.82) is 0 Å². The Kier molecular flexibility index (Phi) is 4.65. The SMILES string of the molecule is O=C(Cc1ccc(Cl)c(Cl)c1)Nc1ccc(-n2ccnc2)cc1. The Balaban J connectivity index is 1.64. The largest absolute Gasteiger partial charge is 0.326 e. The van der Waals surface area contributed by atoms with Crippen molar-refractivity contribution in [3.63, 3.8) is 0 Å². The van der Waals surface area contributed by atoms with Gasteiger partial charge >= 0.3 is 0 Å². The quantitative estimate of drug-likeness (QED) is 0.763. The molecule has 0 saturated heterocycles. The Morgan fingerprint density at radius 3 is 2.52 bits per heavy atom. The molecule has 1 amide bonds. The van der Waals surface area contributed by atoms with Gasteiger partial charge in [0.05, 0.1) is 22.8 Å². The third-order valence-corrected chi connectivity index (χ3v) is 4.04. The number of anilines is 1. The minimum Gasteiger partial charge on any atom is -0.326 e. The number of imidazole rings is 1. The van der Waals surface area contributed by atoms with Crippen LogP contribution >= 0.6 is 23.2 Å². The number of carbonyl (C=O) groups is 1. The third-order valence-electron chi connectivity index (χ3n) is 3.30. The second-order valence-electron chi connectivity index (χ2n) is 4.99. The van der Waals surface area contributed by atoms with Gasteiger partial charge in [-0.3, -0.25) is 4.79 Å². The van der Waals surface area contributed by atoms with Crippen molar-refractivity contribution in [3.05, 3.63) is 76.8 Å². The van der Waals surface area contributed by atoms with E-state index in [0.29, 0.717) is 10.0 Å². The van der Waals surface area contributed by atoms with Gasteiger partial charge in [-0.05, 0) is 42.0 Å². The number of hydrogen-bond donors (Lipinski definition) is 1. The number of aromatic nitrogens is 2. The highest BCUT2D eigenvalue weighted by Crippen LogP contribution is 2.23. The van der Waals surface area contributed by atoms with E-state index >= 15 is 0 Å². The van der Waals surface area contributed by atoms with Crippen LogP contribution < -0.4 is 5.32 Å². The fourth-order valence-corrected chi connectivity index (χ4v) is 2.49. The molecule has 0 aliphatic carbocycles. The van der Waals surface area contributed by atoms with Gasteiger partial charge in [-0.1, -0.05) is 29.3 Å². The first-order valence-electron chi connectivity index (χ1n) is 6.94. The van der Waals surface area contributed by atoms with Crippen LogP contribution in [0, 0.1) is 0 Å². The first-order valence-corrected chi connectivity index (χ1v) is 7.69. The first kappa shape index (κ1) is 15.6. The molecular formula is C17H13Cl2N3O. The first-order chi connectivity index (χ1) is 11.1. The standard InChI is InChI=1S/C17H13Cl2N3O/c18-15-6-1-12(9-16(15)19)10-17(23)21-13-2-4-14(5-3-13)22-8-7-20-11-22/h1-9,11H,10H2,(H,21,23). The maximum atomic E-state index is 12.1. The lowest BCUT2D eigenvalue weighted by Gasteiger charge is -2.08. The summed E-state index contributed by atoms with van der Waals surface area (Å²) in [4.78, 5) is 16.1. The molecule has 23 heavy (non-hydrogen) atoms. The molecular weight excluding hydrogens is 333 g/mol. The van der Waals surface area contributed by atoms with Crippen molar-refractivity contribution in [2.45, 2.75) is 6.42 Å². The average molecular weight is 346 g/mol. The Bertz CT molecular complexity index is 814. The van der Waals surface area contributed by atoms with Crippen LogP contribution in [-0.4, -0.2) is 15.5 Å². The highest BCUT2D eigenvalue weighted by Gasteiger charge is 2.06. The molecule has 4 nitrogen and oxygen atoms in total. The van der Waals surface area contributed by atoms with Crippen molar-refractivity contribution in [3.8, 4) is 5.69 Å². The zero-order valence-electron chi connectivity index (χ0n) is 12.0. The Hall–Kier alpha value is -2.30. The molecule has 1 aromatic heterocycles. The van der Waals surface area contributed by atoms with Crippen molar-refractivity contribution in [2.75, 3.05) is 5.32 Å². The van der Waals surface area contributed by atoms with Gasteiger partial charge in [0, 0.05) is 23.8 Å². The Labute approximate surface area is 143 Å². The Morgan fingerprint density at radius 1 is 1.09 bits per heavy atom. The number of hydrogen-bond acceptors (Lipinski definition) is 2. The van der Waals surface area contributed by atoms with E-state index in [1.807, 2.05) is 35.0 Å². The summed E-state index contributed by atoms with van der Waals surface area (Å²) < 4.78 is 1.89. The molecule has 1 heterocycles. The van der Waals surface area contributed by atoms with Gasteiger partial charge in [0.2, 0.25) is 5.91 Å². The van der Waals surface area contributed by atoms with Crippen LogP contribution in [0.3, 0.4) is 0 Å². The number of nitrogens with one attached hydrogen (secondary N) is 1. The summed E-state index contributed by atoms with van der Waals surface area (Å²) in [5, 5.41) is 3.78. The number of benzene rings is 2. The summed E-state index contributed by atoms with van der Waals surface area (Å²) in [5.74, 6) is -0.112. The molecule has 0 radical (unpaired) electrons. The van der Waals surface area contributed by atoms with E-state index in [1.54, 1.807) is 30.7 Å². The van der Waals surface area contributed by atoms with Gasteiger partial charge in [-0.2, -0.15) is 0 Å². The fourth-order valence-electron chi connectivity index (χ4n) is 2.17. The topological polar surface area (TPSA) is 46.9 Å². The van der Waals surface area contributed by atoms with Gasteiger partial charge in [-0.15, -0.1) is 0 Å². The summed E-state index contributed by atoms with van der Waals surface area (Å²) in [6.07, 6.45) is 5.53. The fraction of sp³-hybridized carbons (Fsp3) is 0.0588. The monoisotopic (exact) mass is 345 g/mol. The average Bonchev–Trinajstić information content (AvgIpc) is 3.06. The summed E-state index contributed by atoms with van der Waals surface area (Å²) in [6, 6.07) is 12.7. The maximum Gasteiger partial charge on any atom is 0.228 e. The summed E-state index contributed by atoms with van der Waals surface area (Å²) in [7, 11) is 0. The minimum atomic E-state index is -0.112. The molecule has 3 aromatic rings. The normalized spacial score (nSPS) is 10.5. The minimum absolute atomic E-state index is 0.112. The second-order valence-corrected chi connectivity index (χ2v) is 5.80. The van der Waals surface area contributed by atoms with E-state index in [2.05, 4.69) is 10.3 Å². The van der Waals surface area contributed by atoms with Gasteiger partial charge in [-0.25, -0.2) is 4.98 Å². The number of rotatable bonds is 4. The molecule has 3 rings (SSSR count). The van der Waals surface area contributed by atoms with Crippen LogP contribution in [0.15, 0.2) is 61.2 Å². The van der Waals surface area contributed by atoms with Gasteiger partial charge in [0.25, 0.3) is 0 Å². The van der Waals surface area contributed by atoms with Crippen molar-refractivity contribution >= 4 is 34.8 Å². The van der Waals surface area contributed by atoms with E-state index in [-0.39, 0.29) is 12.3 Å². The van der Waals surface area contributed by atoms with Crippen LogP contribution in [0.1, 0.15) is 5.56 Å². The van der Waals surface area contributed by atoms with E-state index in [4.69, 9.17) is 23.2 Å². The van der Waals surface area contributed by atoms with Crippen LogP contribution in [0.2, 0.25) is 10.0 Å². The van der Waals surface area contributed by atoms with Crippen LogP contribution in [0.4, 0.5) is 5.69 Å². The van der Waals surface area contributed by atoms with Crippen molar-refractivity contribution in [2.24, 2.45) is 0 Å². The van der Waals surface area contributed by atoms with Crippen molar-refractivity contribution in [1.82, 2.24) is 9.55 Å². The molecule has 0 bridgehead atoms. The van der Waals surface area contributed by atoms with Gasteiger partial charge in [0.15, 0.2) is 0 Å². The molecule has 6 heteroatoms. The summed E-state index contributed by atoms with van der Waals surface area (Å²) >= 11 is 11.8. The Morgan fingerprint density at radius 2 is 1.87 bits per heavy atom. The third kappa shape index (κ3) is 3.92. The van der Waals surface area contributed by atoms with Crippen LogP contribution in [0.25, 0.3) is 5.69 Å². The molecule has 1 N–H and O–H groups in total. The zero-order chi connectivity index (χ0) is 16.2. The zero-order valence-corrected chi connectivity index (χ0v) is 13.6. The second kappa shape index (κ2) is 6.86. The molecule has 2 aromatic carbocycles. The summed E-state index contributed by atoms with van der Waals surface area (Å²) in [5.41, 5.74) is 2.52. The molecule has 0 aliphatic rings. The van der Waals surface area contributed by atoms with E-state index in [9.17, 15) is 4.79 Å². The van der Waals surface area contributed by atoms with Gasteiger partial charge < -0.3 is 9.88 Å². The maximum absolute atomic E-state index is 12.1. The molecule has 0 fully saturated rings. The number of carbonyl (C=O) groups excluding carboxylic acids is 1. The predicted molar refractivity (Wildman–Crippen MR) is 92.4 cm³/mol. The molecule has 0 aliphatic heterocycles. The van der Waals surface area contributed by atoms with E-state index in [1.165, 1.54) is 0 Å². The molecule has 0 spiro atoms. The number of nitrogens with zero attached hydrogens (tertiary/aromatic N) is 2. The lowest BCUT2D eigenvalue weighted by atomic mass is 10.1. The van der Waals surface area contributed by atoms with Crippen molar-refractivity contribution < 1.29 is 4.79 Å². The molecule has 0 atom stereocenters. The lowest BCUT2D eigenvalue weighted by molar-refractivity contribution is -0.115.